The molecule has 14 heteroatoms. The van der Waals surface area contributed by atoms with Crippen LogP contribution in [0.3, 0.4) is 0 Å². The number of hydrogen-bond donors (Lipinski definition) is 2. The zero-order chi connectivity index (χ0) is 28.4. The summed E-state index contributed by atoms with van der Waals surface area (Å²) in [6.07, 6.45) is 0.180. The van der Waals surface area contributed by atoms with Gasteiger partial charge in [0.15, 0.2) is 28.9 Å². The summed E-state index contributed by atoms with van der Waals surface area (Å²) in [4.78, 5) is 22.6. The highest BCUT2D eigenvalue weighted by Crippen LogP contribution is 2.35. The Morgan fingerprint density at radius 3 is 2.50 bits per heavy atom. The number of benzene rings is 1. The molecule has 0 aliphatic carbocycles. The predicted molar refractivity (Wildman–Crippen MR) is 134 cm³/mol. The summed E-state index contributed by atoms with van der Waals surface area (Å²) in [5, 5.41) is 5.74. The average Bonchev–Trinajstić information content (AvgIpc) is 3.58. The number of carbonyl (C=O) groups excluding carboxylic acids is 1. The molecule has 3 aromatic heterocycles. The number of rotatable bonds is 7. The van der Waals surface area contributed by atoms with Crippen molar-refractivity contribution in [2.75, 3.05) is 24.1 Å². The molecule has 1 aromatic carbocycles. The van der Waals surface area contributed by atoms with Gasteiger partial charge >= 0.3 is 6.18 Å². The number of nitrogen functional groups attached to an aromatic ring is 1. The Morgan fingerprint density at radius 2 is 1.80 bits per heavy atom. The molecule has 1 fully saturated rings. The van der Waals surface area contributed by atoms with Crippen molar-refractivity contribution in [3.63, 3.8) is 0 Å². The molecule has 1 amide bonds. The zero-order valence-corrected chi connectivity index (χ0v) is 20.8. The standard InChI is InChI=1S/C26H22F5N7O2/c27-18-4-3-8-34-24(18)38-22(26(29,30)31)16(13-35-38)25(39)36-15-5-6-21(19(28)12-15)40-20-7-9-33-23(32)17(20)14-37-10-1-2-11-37/h3-9,12-13H,1-2,10-11,14H2,(H2,32,33)(H,36,39). The maximum absolute atomic E-state index is 15.0. The van der Waals surface area contributed by atoms with Gasteiger partial charge in [0.05, 0.1) is 17.3 Å². The number of nitrogens with one attached hydrogen (secondary N) is 1. The molecule has 4 heterocycles. The lowest BCUT2D eigenvalue weighted by Gasteiger charge is -2.19. The van der Waals surface area contributed by atoms with E-state index < -0.39 is 40.8 Å². The fourth-order valence-corrected chi connectivity index (χ4v) is 4.37. The largest absolute Gasteiger partial charge is 0.454 e. The Labute approximate surface area is 224 Å². The molecule has 4 aromatic rings. The van der Waals surface area contributed by atoms with Crippen LogP contribution in [0.4, 0.5) is 33.5 Å². The van der Waals surface area contributed by atoms with E-state index in [2.05, 4.69) is 25.3 Å². The van der Waals surface area contributed by atoms with Crippen LogP contribution in [0.1, 0.15) is 34.5 Å². The van der Waals surface area contributed by atoms with E-state index in [1.54, 1.807) is 6.07 Å². The topological polar surface area (TPSA) is 111 Å². The molecular formula is C26H22F5N7O2. The fraction of sp³-hybridized carbons (Fsp3) is 0.231. The number of pyridine rings is 2. The summed E-state index contributed by atoms with van der Waals surface area (Å²) < 4.78 is 76.7. The smallest absolute Gasteiger partial charge is 0.434 e. The second kappa shape index (κ2) is 10.9. The molecule has 3 N–H and O–H groups in total. The fourth-order valence-electron chi connectivity index (χ4n) is 4.37. The Kier molecular flexibility index (Phi) is 7.34. The number of amides is 1. The second-order valence-corrected chi connectivity index (χ2v) is 8.98. The third-order valence-corrected chi connectivity index (χ3v) is 6.26. The summed E-state index contributed by atoms with van der Waals surface area (Å²) in [6, 6.07) is 7.04. The molecule has 40 heavy (non-hydrogen) atoms. The summed E-state index contributed by atoms with van der Waals surface area (Å²) >= 11 is 0. The van der Waals surface area contributed by atoms with E-state index in [1.165, 1.54) is 24.4 Å². The Morgan fingerprint density at radius 1 is 1.02 bits per heavy atom. The number of likely N-dealkylation sites (tertiary alicyclic amines) is 1. The van der Waals surface area contributed by atoms with E-state index in [4.69, 9.17) is 10.5 Å². The van der Waals surface area contributed by atoms with Crippen LogP contribution in [0.15, 0.2) is 55.0 Å². The first-order valence-electron chi connectivity index (χ1n) is 12.1. The van der Waals surface area contributed by atoms with Gasteiger partial charge in [-0.1, -0.05) is 0 Å². The van der Waals surface area contributed by atoms with Crippen molar-refractivity contribution in [2.24, 2.45) is 0 Å². The van der Waals surface area contributed by atoms with Crippen molar-refractivity contribution in [1.82, 2.24) is 24.6 Å². The molecule has 1 aliphatic rings. The summed E-state index contributed by atoms with van der Waals surface area (Å²) in [7, 11) is 0. The Bertz CT molecular complexity index is 1550. The van der Waals surface area contributed by atoms with E-state index in [1.807, 2.05) is 0 Å². The van der Waals surface area contributed by atoms with Crippen molar-refractivity contribution < 1.29 is 31.5 Å². The first-order chi connectivity index (χ1) is 19.1. The quantitative estimate of drug-likeness (QED) is 0.300. The number of nitrogens with two attached hydrogens (primary N) is 1. The normalized spacial score (nSPS) is 13.9. The van der Waals surface area contributed by atoms with Crippen LogP contribution in [-0.2, 0) is 12.7 Å². The zero-order valence-electron chi connectivity index (χ0n) is 20.8. The number of nitrogens with zero attached hydrogens (tertiary/aromatic N) is 5. The molecule has 9 nitrogen and oxygen atoms in total. The van der Waals surface area contributed by atoms with Crippen LogP contribution in [0, 0.1) is 11.6 Å². The average molecular weight is 559 g/mol. The van der Waals surface area contributed by atoms with Gasteiger partial charge in [-0.25, -0.2) is 23.4 Å². The van der Waals surface area contributed by atoms with E-state index in [9.17, 15) is 26.7 Å². The van der Waals surface area contributed by atoms with Gasteiger partial charge in [0, 0.05) is 30.7 Å². The molecule has 0 spiro atoms. The van der Waals surface area contributed by atoms with E-state index in [0.717, 1.165) is 44.3 Å². The number of carbonyl (C=O) groups is 1. The van der Waals surface area contributed by atoms with Gasteiger partial charge in [0.1, 0.15) is 11.6 Å². The van der Waals surface area contributed by atoms with E-state index in [-0.39, 0.29) is 21.9 Å². The van der Waals surface area contributed by atoms with Gasteiger partial charge < -0.3 is 15.8 Å². The van der Waals surface area contributed by atoms with Crippen molar-refractivity contribution in [1.29, 1.82) is 0 Å². The van der Waals surface area contributed by atoms with Gasteiger partial charge in [-0.15, -0.1) is 0 Å². The number of halogens is 5. The Hall–Kier alpha value is -4.59. The van der Waals surface area contributed by atoms with Crippen LogP contribution in [-0.4, -0.2) is 43.6 Å². The molecule has 0 radical (unpaired) electrons. The third-order valence-electron chi connectivity index (χ3n) is 6.26. The highest BCUT2D eigenvalue weighted by atomic mass is 19.4. The molecule has 1 saturated heterocycles. The highest BCUT2D eigenvalue weighted by molar-refractivity contribution is 6.05. The van der Waals surface area contributed by atoms with Gasteiger partial charge in [-0.2, -0.15) is 18.3 Å². The van der Waals surface area contributed by atoms with E-state index >= 15 is 0 Å². The Balaban J connectivity index is 1.37. The number of alkyl halides is 3. The van der Waals surface area contributed by atoms with Crippen molar-refractivity contribution >= 4 is 17.4 Å². The summed E-state index contributed by atoms with van der Waals surface area (Å²) in [6.45, 7) is 2.26. The molecule has 0 saturated carbocycles. The number of aromatic nitrogens is 4. The lowest BCUT2D eigenvalue weighted by Crippen LogP contribution is -2.21. The molecule has 0 atom stereocenters. The maximum Gasteiger partial charge on any atom is 0.434 e. The second-order valence-electron chi connectivity index (χ2n) is 8.98. The van der Waals surface area contributed by atoms with Crippen molar-refractivity contribution in [3.05, 3.63) is 83.4 Å². The van der Waals surface area contributed by atoms with Gasteiger partial charge in [0.2, 0.25) is 0 Å². The third kappa shape index (κ3) is 5.57. The highest BCUT2D eigenvalue weighted by Gasteiger charge is 2.41. The summed E-state index contributed by atoms with van der Waals surface area (Å²) in [5.74, 6) is -3.57. The molecule has 5 rings (SSSR count). The predicted octanol–water partition coefficient (Wildman–Crippen LogP) is 5.18. The van der Waals surface area contributed by atoms with Gasteiger partial charge in [0.25, 0.3) is 5.91 Å². The first-order valence-corrected chi connectivity index (χ1v) is 12.1. The minimum absolute atomic E-state index is 0.147. The van der Waals surface area contributed by atoms with Crippen molar-refractivity contribution in [2.45, 2.75) is 25.6 Å². The van der Waals surface area contributed by atoms with Crippen LogP contribution in [0.25, 0.3) is 5.82 Å². The minimum Gasteiger partial charge on any atom is -0.454 e. The number of ether oxygens (including phenoxy) is 1. The number of anilines is 2. The van der Waals surface area contributed by atoms with Crippen molar-refractivity contribution in [3.8, 4) is 17.3 Å². The molecule has 0 unspecified atom stereocenters. The molecule has 1 aliphatic heterocycles. The van der Waals surface area contributed by atoms with Gasteiger partial charge in [-0.05, 0) is 56.3 Å². The van der Waals surface area contributed by atoms with Crippen LogP contribution in [0.2, 0.25) is 0 Å². The lowest BCUT2D eigenvalue weighted by molar-refractivity contribution is -0.143. The van der Waals surface area contributed by atoms with Crippen LogP contribution < -0.4 is 15.8 Å². The first kappa shape index (κ1) is 27.0. The molecule has 0 bridgehead atoms. The molecular weight excluding hydrogens is 537 g/mol. The van der Waals surface area contributed by atoms with Crippen LogP contribution >= 0.6 is 0 Å². The maximum atomic E-state index is 15.0. The number of hydrogen-bond acceptors (Lipinski definition) is 7. The van der Waals surface area contributed by atoms with E-state index in [0.29, 0.717) is 24.1 Å². The lowest BCUT2D eigenvalue weighted by atomic mass is 10.2. The molecule has 208 valence electrons. The van der Waals surface area contributed by atoms with Gasteiger partial charge in [-0.3, -0.25) is 9.69 Å². The minimum atomic E-state index is -5.09. The summed E-state index contributed by atoms with van der Waals surface area (Å²) in [5.41, 5.74) is 4.05. The monoisotopic (exact) mass is 559 g/mol. The SMILES string of the molecule is Nc1nccc(Oc2ccc(NC(=O)c3cnn(-c4ncccc4F)c3C(F)(F)F)cc2F)c1CN1CCCC1. The van der Waals surface area contributed by atoms with Crippen LogP contribution in [0.5, 0.6) is 11.5 Å².